The highest BCUT2D eigenvalue weighted by atomic mass is 35.5. The molecule has 0 bridgehead atoms. The van der Waals surface area contributed by atoms with Crippen molar-refractivity contribution < 1.29 is 9.59 Å². The molecule has 6 nitrogen and oxygen atoms in total. The first-order valence-corrected chi connectivity index (χ1v) is 8.29. The molecule has 4 rings (SSSR count). The van der Waals surface area contributed by atoms with E-state index in [2.05, 4.69) is 10.3 Å². The molecule has 0 spiro atoms. The lowest BCUT2D eigenvalue weighted by Crippen LogP contribution is -2.39. The lowest BCUT2D eigenvalue weighted by Gasteiger charge is -2.21. The Bertz CT molecular complexity index is 881. The molecule has 2 amide bonds. The lowest BCUT2D eigenvalue weighted by atomic mass is 10.1. The predicted molar refractivity (Wildman–Crippen MR) is 93.1 cm³/mol. The highest BCUT2D eigenvalue weighted by molar-refractivity contribution is 6.31. The summed E-state index contributed by atoms with van der Waals surface area (Å²) in [6.07, 6.45) is 0. The molecule has 2 aliphatic heterocycles. The Morgan fingerprint density at radius 1 is 1.04 bits per heavy atom. The van der Waals surface area contributed by atoms with Gasteiger partial charge in [0.2, 0.25) is 0 Å². The van der Waals surface area contributed by atoms with Gasteiger partial charge in [0.1, 0.15) is 0 Å². The second-order valence-electron chi connectivity index (χ2n) is 6.13. The van der Waals surface area contributed by atoms with Crippen LogP contribution in [0.15, 0.2) is 58.9 Å². The number of rotatable bonds is 3. The number of imide groups is 1. The minimum Gasteiger partial charge on any atom is -0.271 e. The van der Waals surface area contributed by atoms with Crippen LogP contribution in [0.1, 0.15) is 11.1 Å². The molecule has 2 atom stereocenters. The van der Waals surface area contributed by atoms with Crippen molar-refractivity contribution in [2.45, 2.75) is 25.6 Å². The largest absolute Gasteiger partial charge is 0.271 e. The van der Waals surface area contributed by atoms with Crippen molar-refractivity contribution in [1.29, 1.82) is 0 Å². The highest BCUT2D eigenvalue weighted by Crippen LogP contribution is 2.33. The SMILES string of the molecule is Cc1ccc(N2C(=O)[C@@H]3N=NN(Cc4ccccc4Cl)[C@H]3C2=O)cc1. The van der Waals surface area contributed by atoms with Crippen LogP contribution in [0.25, 0.3) is 0 Å². The molecule has 2 aromatic carbocycles. The summed E-state index contributed by atoms with van der Waals surface area (Å²) in [5, 5.41) is 10.2. The number of halogens is 1. The summed E-state index contributed by atoms with van der Waals surface area (Å²) >= 11 is 6.19. The zero-order valence-corrected chi connectivity index (χ0v) is 14.2. The van der Waals surface area contributed by atoms with Crippen molar-refractivity contribution in [2.24, 2.45) is 10.3 Å². The van der Waals surface area contributed by atoms with Gasteiger partial charge in [0, 0.05) is 5.02 Å². The fourth-order valence-electron chi connectivity index (χ4n) is 3.10. The first kappa shape index (κ1) is 15.8. The van der Waals surface area contributed by atoms with E-state index in [4.69, 9.17) is 11.6 Å². The maximum atomic E-state index is 12.9. The second kappa shape index (κ2) is 5.97. The number of aryl methyl sites for hydroxylation is 1. The molecule has 0 unspecified atom stereocenters. The number of carbonyl (C=O) groups excluding carboxylic acids is 2. The summed E-state index contributed by atoms with van der Waals surface area (Å²) < 4.78 is 0. The Kier molecular flexibility index (Phi) is 3.77. The van der Waals surface area contributed by atoms with Gasteiger partial charge in [-0.05, 0) is 30.7 Å². The first-order chi connectivity index (χ1) is 12.1. The molecule has 2 aliphatic rings. The molecule has 7 heteroatoms. The summed E-state index contributed by atoms with van der Waals surface area (Å²) in [7, 11) is 0. The number of fused-ring (bicyclic) bond motifs is 1. The zero-order chi connectivity index (χ0) is 17.6. The number of anilines is 1. The molecule has 2 aromatic rings. The quantitative estimate of drug-likeness (QED) is 0.795. The molecule has 0 aromatic heterocycles. The van der Waals surface area contributed by atoms with Crippen LogP contribution in [0.2, 0.25) is 5.02 Å². The van der Waals surface area contributed by atoms with Crippen LogP contribution < -0.4 is 4.90 Å². The topological polar surface area (TPSA) is 65.3 Å². The number of hydrogen-bond acceptors (Lipinski definition) is 5. The van der Waals surface area contributed by atoms with E-state index in [1.54, 1.807) is 23.2 Å². The average Bonchev–Trinajstić information content (AvgIpc) is 3.12. The Morgan fingerprint density at radius 3 is 2.48 bits per heavy atom. The minimum atomic E-state index is -0.795. The van der Waals surface area contributed by atoms with E-state index < -0.39 is 12.1 Å². The maximum Gasteiger partial charge on any atom is 0.263 e. The van der Waals surface area contributed by atoms with Crippen LogP contribution in [-0.2, 0) is 16.1 Å². The van der Waals surface area contributed by atoms with Crippen LogP contribution in [0.4, 0.5) is 5.69 Å². The van der Waals surface area contributed by atoms with Crippen LogP contribution in [0, 0.1) is 6.92 Å². The fourth-order valence-corrected chi connectivity index (χ4v) is 3.30. The number of hydrogen-bond donors (Lipinski definition) is 0. The molecule has 0 aliphatic carbocycles. The van der Waals surface area contributed by atoms with Crippen molar-refractivity contribution in [3.8, 4) is 0 Å². The monoisotopic (exact) mass is 354 g/mol. The maximum absolute atomic E-state index is 12.9. The Hall–Kier alpha value is -2.73. The third kappa shape index (κ3) is 2.59. The standard InChI is InChI=1S/C18H15ClN4O2/c1-11-6-8-13(9-7-11)23-17(24)15-16(18(23)25)22(21-20-15)10-12-4-2-3-5-14(12)19/h2-9,15-16H,10H2,1H3/t15-,16-/m1/s1. The minimum absolute atomic E-state index is 0.309. The summed E-state index contributed by atoms with van der Waals surface area (Å²) in [6.45, 7) is 2.27. The van der Waals surface area contributed by atoms with Crippen LogP contribution in [-0.4, -0.2) is 28.9 Å². The van der Waals surface area contributed by atoms with Crippen molar-refractivity contribution in [3.63, 3.8) is 0 Å². The van der Waals surface area contributed by atoms with Gasteiger partial charge in [0.15, 0.2) is 12.1 Å². The third-order valence-corrected chi connectivity index (χ3v) is 4.81. The molecule has 0 radical (unpaired) electrons. The number of amides is 2. The van der Waals surface area contributed by atoms with Crippen molar-refractivity contribution >= 4 is 29.1 Å². The smallest absolute Gasteiger partial charge is 0.263 e. The molecule has 126 valence electrons. The van der Waals surface area contributed by atoms with Crippen molar-refractivity contribution in [1.82, 2.24) is 5.01 Å². The van der Waals surface area contributed by atoms with Gasteiger partial charge in [-0.3, -0.25) is 14.6 Å². The third-order valence-electron chi connectivity index (χ3n) is 4.44. The Labute approximate surface area is 149 Å². The summed E-state index contributed by atoms with van der Waals surface area (Å²) in [5.41, 5.74) is 2.45. The van der Waals surface area contributed by atoms with Gasteiger partial charge in [-0.25, -0.2) is 4.90 Å². The van der Waals surface area contributed by atoms with Gasteiger partial charge in [-0.2, -0.15) is 5.11 Å². The highest BCUT2D eigenvalue weighted by Gasteiger charge is 2.54. The Balaban J connectivity index is 1.62. The van der Waals surface area contributed by atoms with Gasteiger partial charge in [-0.1, -0.05) is 52.7 Å². The molecule has 0 saturated carbocycles. The number of benzene rings is 2. The van der Waals surface area contributed by atoms with Gasteiger partial charge in [0.05, 0.1) is 12.2 Å². The molecular formula is C18H15ClN4O2. The second-order valence-corrected chi connectivity index (χ2v) is 6.54. The van der Waals surface area contributed by atoms with E-state index in [0.29, 0.717) is 17.3 Å². The fraction of sp³-hybridized carbons (Fsp3) is 0.222. The number of carbonyl (C=O) groups is 2. The van der Waals surface area contributed by atoms with Crippen molar-refractivity contribution in [3.05, 3.63) is 64.7 Å². The van der Waals surface area contributed by atoms with Gasteiger partial charge < -0.3 is 0 Å². The summed E-state index contributed by atoms with van der Waals surface area (Å²) in [4.78, 5) is 26.7. The van der Waals surface area contributed by atoms with E-state index in [-0.39, 0.29) is 11.8 Å². The van der Waals surface area contributed by atoms with Crippen LogP contribution in [0.5, 0.6) is 0 Å². The zero-order valence-electron chi connectivity index (χ0n) is 13.5. The molecule has 25 heavy (non-hydrogen) atoms. The molecule has 0 N–H and O–H groups in total. The first-order valence-electron chi connectivity index (χ1n) is 7.91. The molecule has 1 saturated heterocycles. The van der Waals surface area contributed by atoms with Crippen LogP contribution >= 0.6 is 11.6 Å². The Morgan fingerprint density at radius 2 is 1.76 bits per heavy atom. The van der Waals surface area contributed by atoms with Crippen molar-refractivity contribution in [2.75, 3.05) is 4.90 Å². The molecule has 1 fully saturated rings. The molecular weight excluding hydrogens is 340 g/mol. The summed E-state index contributed by atoms with van der Waals surface area (Å²) in [6, 6.07) is 13.1. The lowest BCUT2D eigenvalue weighted by molar-refractivity contribution is -0.123. The molecule has 2 heterocycles. The van der Waals surface area contributed by atoms with Crippen LogP contribution in [0.3, 0.4) is 0 Å². The van der Waals surface area contributed by atoms with Gasteiger partial charge in [0.25, 0.3) is 11.8 Å². The van der Waals surface area contributed by atoms with E-state index >= 15 is 0 Å². The predicted octanol–water partition coefficient (Wildman–Crippen LogP) is 3.14. The van der Waals surface area contributed by atoms with E-state index in [1.807, 2.05) is 37.3 Å². The average molecular weight is 355 g/mol. The normalized spacial score (nSPS) is 22.0. The van der Waals surface area contributed by atoms with E-state index in [9.17, 15) is 9.59 Å². The van der Waals surface area contributed by atoms with Gasteiger partial charge in [-0.15, -0.1) is 0 Å². The number of nitrogens with zero attached hydrogens (tertiary/aromatic N) is 4. The summed E-state index contributed by atoms with van der Waals surface area (Å²) in [5.74, 6) is -0.653. The van der Waals surface area contributed by atoms with Gasteiger partial charge >= 0.3 is 0 Å². The van der Waals surface area contributed by atoms with E-state index in [1.165, 1.54) is 4.90 Å². The van der Waals surface area contributed by atoms with E-state index in [0.717, 1.165) is 11.1 Å².